The Hall–Kier alpha value is -1.71. The molecule has 0 aromatic heterocycles. The lowest BCUT2D eigenvalue weighted by molar-refractivity contribution is -0.133. The van der Waals surface area contributed by atoms with Crippen LogP contribution in [0.5, 0.6) is 0 Å². The van der Waals surface area contributed by atoms with Gasteiger partial charge in [0.05, 0.1) is 0 Å². The third-order valence-corrected chi connectivity index (χ3v) is 2.75. The average Bonchev–Trinajstić information content (AvgIpc) is 2.58. The van der Waals surface area contributed by atoms with Crippen LogP contribution in [-0.4, -0.2) is 16.2 Å². The first-order valence-electron chi connectivity index (χ1n) is 5.42. The van der Waals surface area contributed by atoms with Gasteiger partial charge in [-0.1, -0.05) is 13.3 Å². The molecule has 0 spiro atoms. The molecule has 0 amide bonds. The van der Waals surface area contributed by atoms with E-state index in [2.05, 4.69) is 0 Å². The summed E-state index contributed by atoms with van der Waals surface area (Å²) >= 11 is 0. The highest BCUT2D eigenvalue weighted by Gasteiger charge is 2.36. The first-order valence-corrected chi connectivity index (χ1v) is 5.42. The van der Waals surface area contributed by atoms with Crippen molar-refractivity contribution in [2.24, 2.45) is 0 Å². The van der Waals surface area contributed by atoms with Gasteiger partial charge in [-0.25, -0.2) is 4.79 Å². The number of aliphatic hydroxyl groups is 2. The Balaban J connectivity index is 2.40. The molecule has 0 unspecified atom stereocenters. The quantitative estimate of drug-likeness (QED) is 0.705. The first-order chi connectivity index (χ1) is 7.65. The Bertz CT molecular complexity index is 426. The van der Waals surface area contributed by atoms with Crippen molar-refractivity contribution < 1.29 is 19.7 Å². The van der Waals surface area contributed by atoms with Crippen molar-refractivity contribution in [3.05, 3.63) is 34.5 Å². The molecule has 4 nitrogen and oxygen atoms in total. The molecule has 1 heterocycles. The molecule has 0 saturated carbocycles. The van der Waals surface area contributed by atoms with E-state index in [0.29, 0.717) is 24.2 Å². The summed E-state index contributed by atoms with van der Waals surface area (Å²) in [5.41, 5.74) is 0.847. The number of allylic oxidation sites excluding steroid dienone is 3. The molecule has 2 rings (SSSR count). The second-order valence-corrected chi connectivity index (χ2v) is 3.90. The van der Waals surface area contributed by atoms with Crippen LogP contribution < -0.4 is 0 Å². The van der Waals surface area contributed by atoms with Crippen LogP contribution in [-0.2, 0) is 9.53 Å². The lowest BCUT2D eigenvalue weighted by Crippen LogP contribution is -2.07. The molecule has 0 aromatic rings. The highest BCUT2D eigenvalue weighted by atomic mass is 16.5. The Morgan fingerprint density at radius 3 is 2.81 bits per heavy atom. The molecule has 16 heavy (non-hydrogen) atoms. The van der Waals surface area contributed by atoms with Crippen LogP contribution in [0.4, 0.5) is 0 Å². The Morgan fingerprint density at radius 1 is 1.38 bits per heavy atom. The molecule has 1 aliphatic carbocycles. The van der Waals surface area contributed by atoms with E-state index >= 15 is 0 Å². The highest BCUT2D eigenvalue weighted by Crippen LogP contribution is 2.38. The van der Waals surface area contributed by atoms with Gasteiger partial charge in [-0.3, -0.25) is 0 Å². The van der Waals surface area contributed by atoms with Gasteiger partial charge in [0.2, 0.25) is 0 Å². The van der Waals surface area contributed by atoms with Gasteiger partial charge < -0.3 is 14.9 Å². The minimum Gasteiger partial charge on any atom is -0.508 e. The summed E-state index contributed by atoms with van der Waals surface area (Å²) < 4.78 is 5.07. The zero-order valence-electron chi connectivity index (χ0n) is 9.12. The number of carbonyl (C=O) groups excluding carboxylic acids is 1. The summed E-state index contributed by atoms with van der Waals surface area (Å²) in [6.45, 7) is 2.03. The van der Waals surface area contributed by atoms with E-state index in [1.165, 1.54) is 0 Å². The van der Waals surface area contributed by atoms with Gasteiger partial charge in [-0.05, 0) is 18.9 Å². The predicted molar refractivity (Wildman–Crippen MR) is 57.6 cm³/mol. The lowest BCUT2D eigenvalue weighted by atomic mass is 9.95. The molecule has 0 radical (unpaired) electrons. The monoisotopic (exact) mass is 222 g/mol. The van der Waals surface area contributed by atoms with E-state index < -0.39 is 5.97 Å². The summed E-state index contributed by atoms with van der Waals surface area (Å²) in [5.74, 6) is -0.486. The lowest BCUT2D eigenvalue weighted by Gasteiger charge is -2.11. The molecule has 2 aliphatic rings. The zero-order valence-corrected chi connectivity index (χ0v) is 9.12. The molecule has 4 heteroatoms. The number of ether oxygens (including phenoxy) is 1. The van der Waals surface area contributed by atoms with Gasteiger partial charge in [0.25, 0.3) is 0 Å². The van der Waals surface area contributed by atoms with Gasteiger partial charge in [-0.2, -0.15) is 0 Å². The van der Waals surface area contributed by atoms with Crippen LogP contribution in [0.1, 0.15) is 32.6 Å². The second kappa shape index (κ2) is 4.04. The Morgan fingerprint density at radius 2 is 2.12 bits per heavy atom. The number of esters is 1. The Labute approximate surface area is 93.5 Å². The van der Waals surface area contributed by atoms with Crippen molar-refractivity contribution in [2.45, 2.75) is 32.6 Å². The first kappa shape index (κ1) is 10.8. The minimum absolute atomic E-state index is 0.131. The molecule has 0 fully saturated rings. The van der Waals surface area contributed by atoms with Crippen molar-refractivity contribution in [1.82, 2.24) is 0 Å². The maximum absolute atomic E-state index is 11.5. The number of hydrogen-bond donors (Lipinski definition) is 2. The van der Waals surface area contributed by atoms with E-state index in [1.807, 2.05) is 13.0 Å². The van der Waals surface area contributed by atoms with E-state index in [1.54, 1.807) is 0 Å². The number of rotatable bonds is 2. The largest absolute Gasteiger partial charge is 0.508 e. The van der Waals surface area contributed by atoms with Crippen molar-refractivity contribution in [2.75, 3.05) is 0 Å². The van der Waals surface area contributed by atoms with Gasteiger partial charge >= 0.3 is 5.97 Å². The zero-order chi connectivity index (χ0) is 11.7. The molecule has 86 valence electrons. The van der Waals surface area contributed by atoms with Crippen LogP contribution >= 0.6 is 0 Å². The normalized spacial score (nSPS) is 22.8. The topological polar surface area (TPSA) is 66.8 Å². The van der Waals surface area contributed by atoms with E-state index in [0.717, 1.165) is 12.8 Å². The maximum atomic E-state index is 11.5. The molecule has 0 aromatic carbocycles. The van der Waals surface area contributed by atoms with Crippen molar-refractivity contribution in [3.8, 4) is 0 Å². The van der Waals surface area contributed by atoms with Crippen LogP contribution in [0.25, 0.3) is 0 Å². The molecule has 0 bridgehead atoms. The summed E-state index contributed by atoms with van der Waals surface area (Å²) in [5, 5.41) is 19.0. The minimum atomic E-state index is -0.568. The van der Waals surface area contributed by atoms with Crippen LogP contribution in [0.3, 0.4) is 0 Å². The van der Waals surface area contributed by atoms with E-state index in [9.17, 15) is 15.0 Å². The Kier molecular flexibility index (Phi) is 2.73. The fourth-order valence-electron chi connectivity index (χ4n) is 1.89. The van der Waals surface area contributed by atoms with Gasteiger partial charge in [-0.15, -0.1) is 0 Å². The smallest absolute Gasteiger partial charge is 0.347 e. The van der Waals surface area contributed by atoms with Gasteiger partial charge in [0, 0.05) is 12.0 Å². The standard InChI is InChI=1S/C12H14O4/c1-2-3-4-9-7-5-6-8(13)11(14)10(7)12(15)16-9/h4,13-14H,2-3,5-6H2,1H3. The van der Waals surface area contributed by atoms with Crippen LogP contribution in [0, 0.1) is 0 Å². The summed E-state index contributed by atoms with van der Waals surface area (Å²) in [7, 11) is 0. The SMILES string of the molecule is CCCC=C1OC(=O)C2=C1CCC(O)=C2O. The molecule has 1 aliphatic heterocycles. The number of carbonyl (C=O) groups is 1. The van der Waals surface area contributed by atoms with Gasteiger partial charge in [0.15, 0.2) is 5.76 Å². The van der Waals surface area contributed by atoms with E-state index in [-0.39, 0.29) is 17.1 Å². The maximum Gasteiger partial charge on any atom is 0.347 e. The third kappa shape index (κ3) is 1.60. The fourth-order valence-corrected chi connectivity index (χ4v) is 1.89. The molecule has 0 saturated heterocycles. The number of hydrogen-bond acceptors (Lipinski definition) is 4. The number of aliphatic hydroxyl groups excluding tert-OH is 2. The highest BCUT2D eigenvalue weighted by molar-refractivity contribution is 5.98. The summed E-state index contributed by atoms with van der Waals surface area (Å²) in [6.07, 6.45) is 4.54. The predicted octanol–water partition coefficient (Wildman–Crippen LogP) is 2.65. The molecule has 0 atom stereocenters. The fraction of sp³-hybridized carbons (Fsp3) is 0.417. The van der Waals surface area contributed by atoms with Crippen molar-refractivity contribution >= 4 is 5.97 Å². The third-order valence-electron chi connectivity index (χ3n) is 2.75. The molecular weight excluding hydrogens is 208 g/mol. The second-order valence-electron chi connectivity index (χ2n) is 3.90. The van der Waals surface area contributed by atoms with E-state index in [4.69, 9.17) is 4.74 Å². The number of unbranched alkanes of at least 4 members (excludes halogenated alkanes) is 1. The van der Waals surface area contributed by atoms with Gasteiger partial charge in [0.1, 0.15) is 17.1 Å². The molecular formula is C12H14O4. The average molecular weight is 222 g/mol. The van der Waals surface area contributed by atoms with Crippen molar-refractivity contribution in [1.29, 1.82) is 0 Å². The summed E-state index contributed by atoms with van der Waals surface area (Å²) in [6, 6.07) is 0. The van der Waals surface area contributed by atoms with Crippen LogP contribution in [0.2, 0.25) is 0 Å². The van der Waals surface area contributed by atoms with Crippen LogP contribution in [0.15, 0.2) is 34.5 Å². The summed E-state index contributed by atoms with van der Waals surface area (Å²) in [4.78, 5) is 11.5. The van der Waals surface area contributed by atoms with Crippen molar-refractivity contribution in [3.63, 3.8) is 0 Å². The number of cyclic esters (lactones) is 1. The molecule has 2 N–H and O–H groups in total.